The molecular weight excluding hydrogens is 307 g/mol. The number of benzene rings is 1. The van der Waals surface area contributed by atoms with Gasteiger partial charge in [-0.2, -0.15) is 13.2 Å². The summed E-state index contributed by atoms with van der Waals surface area (Å²) in [4.78, 5) is 8.08. The highest BCUT2D eigenvalue weighted by atomic mass is 35.5. The van der Waals surface area contributed by atoms with Crippen molar-refractivity contribution >= 4 is 28.9 Å². The molecule has 1 aromatic heterocycles. The number of nitrogen functional groups attached to an aromatic ring is 1. The average molecular weight is 318 g/mol. The van der Waals surface area contributed by atoms with Crippen molar-refractivity contribution in [3.05, 3.63) is 40.7 Å². The number of hydrogen-bond donors (Lipinski definition) is 3. The van der Waals surface area contributed by atoms with E-state index in [-0.39, 0.29) is 5.02 Å². The number of halogens is 4. The normalized spacial score (nSPS) is 11.3. The molecule has 21 heavy (non-hydrogen) atoms. The number of rotatable bonds is 3. The van der Waals surface area contributed by atoms with Gasteiger partial charge in [-0.25, -0.2) is 15.8 Å². The molecular formula is C12H11ClF3N5. The summed E-state index contributed by atoms with van der Waals surface area (Å²) in [5.41, 5.74) is 1.84. The first-order valence-corrected chi connectivity index (χ1v) is 6.13. The Bertz CT molecular complexity index is 660. The number of hydrazine groups is 1. The Morgan fingerprint density at radius 2 is 1.81 bits per heavy atom. The molecule has 0 amide bonds. The van der Waals surface area contributed by atoms with E-state index in [9.17, 15) is 13.2 Å². The van der Waals surface area contributed by atoms with Crippen molar-refractivity contribution in [1.29, 1.82) is 0 Å². The van der Waals surface area contributed by atoms with E-state index in [1.54, 1.807) is 6.92 Å². The highest BCUT2D eigenvalue weighted by Gasteiger charge is 2.30. The van der Waals surface area contributed by atoms with E-state index in [4.69, 9.17) is 17.4 Å². The second-order valence-electron chi connectivity index (χ2n) is 4.15. The lowest BCUT2D eigenvalue weighted by Crippen LogP contribution is -2.10. The number of aryl methyl sites for hydroxylation is 1. The van der Waals surface area contributed by atoms with Crippen molar-refractivity contribution in [3.8, 4) is 0 Å². The minimum Gasteiger partial charge on any atom is -0.339 e. The first-order chi connectivity index (χ1) is 9.79. The zero-order valence-electron chi connectivity index (χ0n) is 10.8. The molecule has 112 valence electrons. The van der Waals surface area contributed by atoms with Gasteiger partial charge in [0.25, 0.3) is 0 Å². The van der Waals surface area contributed by atoms with Crippen LogP contribution in [-0.2, 0) is 6.18 Å². The van der Waals surface area contributed by atoms with E-state index in [2.05, 4.69) is 20.7 Å². The van der Waals surface area contributed by atoms with Crippen LogP contribution < -0.4 is 16.6 Å². The summed E-state index contributed by atoms with van der Waals surface area (Å²) in [6.45, 7) is 1.65. The molecule has 1 heterocycles. The second kappa shape index (κ2) is 5.74. The van der Waals surface area contributed by atoms with Gasteiger partial charge in [-0.15, -0.1) is 0 Å². The van der Waals surface area contributed by atoms with Crippen LogP contribution in [0.3, 0.4) is 0 Å². The zero-order chi connectivity index (χ0) is 15.6. The van der Waals surface area contributed by atoms with Gasteiger partial charge < -0.3 is 10.7 Å². The van der Waals surface area contributed by atoms with Crippen LogP contribution in [0.1, 0.15) is 11.4 Å². The number of nitrogens with two attached hydrogens (primary N) is 1. The second-order valence-corrected chi connectivity index (χ2v) is 4.55. The fraction of sp³-hybridized carbons (Fsp3) is 0.167. The highest BCUT2D eigenvalue weighted by Crippen LogP contribution is 2.34. The molecule has 0 bridgehead atoms. The van der Waals surface area contributed by atoms with Crippen LogP contribution >= 0.6 is 11.6 Å². The molecule has 0 unspecified atom stereocenters. The molecule has 4 N–H and O–H groups in total. The molecule has 0 saturated carbocycles. The third-order valence-electron chi connectivity index (χ3n) is 2.54. The summed E-state index contributed by atoms with van der Waals surface area (Å²) >= 11 is 5.85. The van der Waals surface area contributed by atoms with E-state index in [1.165, 1.54) is 12.1 Å². The Morgan fingerprint density at radius 3 is 2.38 bits per heavy atom. The van der Waals surface area contributed by atoms with Gasteiger partial charge in [-0.1, -0.05) is 11.6 Å². The molecule has 0 aliphatic heterocycles. The lowest BCUT2D eigenvalue weighted by atomic mass is 10.2. The Labute approximate surface area is 123 Å². The molecule has 0 aliphatic rings. The molecule has 0 aliphatic carbocycles. The standard InChI is InChI=1S/C12H11ClF3N5/c1-6-18-10(5-11(19-6)21-17)20-9-3-2-7(4-8(9)13)12(14,15)16/h2-5H,17H2,1H3,(H2,18,19,20,21). The van der Waals surface area contributed by atoms with Gasteiger partial charge in [0, 0.05) is 6.07 Å². The third kappa shape index (κ3) is 3.73. The molecule has 2 rings (SSSR count). The van der Waals surface area contributed by atoms with Crippen LogP contribution in [0.15, 0.2) is 24.3 Å². The van der Waals surface area contributed by atoms with E-state index in [0.717, 1.165) is 12.1 Å². The van der Waals surface area contributed by atoms with Gasteiger partial charge in [-0.3, -0.25) is 0 Å². The van der Waals surface area contributed by atoms with Crippen molar-refractivity contribution in [2.45, 2.75) is 13.1 Å². The van der Waals surface area contributed by atoms with Gasteiger partial charge in [0.05, 0.1) is 16.3 Å². The molecule has 0 saturated heterocycles. The largest absolute Gasteiger partial charge is 0.416 e. The Morgan fingerprint density at radius 1 is 1.14 bits per heavy atom. The number of anilines is 3. The monoisotopic (exact) mass is 317 g/mol. The summed E-state index contributed by atoms with van der Waals surface area (Å²) in [5.74, 6) is 6.43. The topological polar surface area (TPSA) is 75.9 Å². The Balaban J connectivity index is 2.30. The van der Waals surface area contributed by atoms with E-state index >= 15 is 0 Å². The maximum atomic E-state index is 12.6. The minimum absolute atomic E-state index is 0.0663. The summed E-state index contributed by atoms with van der Waals surface area (Å²) in [6.07, 6.45) is -4.44. The molecule has 1 aromatic carbocycles. The average Bonchev–Trinajstić information content (AvgIpc) is 2.39. The molecule has 2 aromatic rings. The number of aromatic nitrogens is 2. The predicted molar refractivity (Wildman–Crippen MR) is 74.3 cm³/mol. The molecule has 0 radical (unpaired) electrons. The smallest absolute Gasteiger partial charge is 0.339 e. The molecule has 5 nitrogen and oxygen atoms in total. The molecule has 0 fully saturated rings. The van der Waals surface area contributed by atoms with Crippen LogP contribution in [0.4, 0.5) is 30.5 Å². The lowest BCUT2D eigenvalue weighted by molar-refractivity contribution is -0.137. The van der Waals surface area contributed by atoms with Crippen LogP contribution in [0, 0.1) is 6.92 Å². The Kier molecular flexibility index (Phi) is 4.19. The number of nitrogens with zero attached hydrogens (tertiary/aromatic N) is 2. The number of nitrogens with one attached hydrogen (secondary N) is 2. The van der Waals surface area contributed by atoms with E-state index < -0.39 is 11.7 Å². The summed E-state index contributed by atoms with van der Waals surface area (Å²) in [6, 6.07) is 4.52. The maximum absolute atomic E-state index is 12.6. The fourth-order valence-corrected chi connectivity index (χ4v) is 1.86. The van der Waals surface area contributed by atoms with Crippen LogP contribution in [0.25, 0.3) is 0 Å². The molecule has 0 spiro atoms. The zero-order valence-corrected chi connectivity index (χ0v) is 11.5. The highest BCUT2D eigenvalue weighted by molar-refractivity contribution is 6.33. The van der Waals surface area contributed by atoms with Gasteiger partial charge >= 0.3 is 6.18 Å². The Hall–Kier alpha value is -2.06. The van der Waals surface area contributed by atoms with E-state index in [0.29, 0.717) is 23.1 Å². The third-order valence-corrected chi connectivity index (χ3v) is 2.86. The van der Waals surface area contributed by atoms with E-state index in [1.807, 2.05) is 0 Å². The first kappa shape index (κ1) is 15.3. The summed E-state index contributed by atoms with van der Waals surface area (Å²) in [7, 11) is 0. The minimum atomic E-state index is -4.44. The summed E-state index contributed by atoms with van der Waals surface area (Å²) in [5, 5.41) is 2.75. The van der Waals surface area contributed by atoms with Crippen LogP contribution in [-0.4, -0.2) is 9.97 Å². The van der Waals surface area contributed by atoms with Crippen molar-refractivity contribution < 1.29 is 13.2 Å². The van der Waals surface area contributed by atoms with Gasteiger partial charge in [0.2, 0.25) is 0 Å². The molecule has 9 heteroatoms. The van der Waals surface area contributed by atoms with Crippen molar-refractivity contribution in [2.75, 3.05) is 10.7 Å². The van der Waals surface area contributed by atoms with Gasteiger partial charge in [0.15, 0.2) is 0 Å². The summed E-state index contributed by atoms with van der Waals surface area (Å²) < 4.78 is 37.7. The fourth-order valence-electron chi connectivity index (χ4n) is 1.64. The maximum Gasteiger partial charge on any atom is 0.416 e. The lowest BCUT2D eigenvalue weighted by Gasteiger charge is -2.12. The predicted octanol–water partition coefficient (Wildman–Crippen LogP) is 3.49. The van der Waals surface area contributed by atoms with Gasteiger partial charge in [0.1, 0.15) is 17.5 Å². The number of alkyl halides is 3. The first-order valence-electron chi connectivity index (χ1n) is 5.75. The quantitative estimate of drug-likeness (QED) is 0.597. The van der Waals surface area contributed by atoms with Crippen molar-refractivity contribution in [3.63, 3.8) is 0 Å². The van der Waals surface area contributed by atoms with Gasteiger partial charge in [-0.05, 0) is 25.1 Å². The van der Waals surface area contributed by atoms with Crippen LogP contribution in [0.2, 0.25) is 5.02 Å². The van der Waals surface area contributed by atoms with Crippen molar-refractivity contribution in [1.82, 2.24) is 9.97 Å². The molecule has 0 atom stereocenters. The van der Waals surface area contributed by atoms with Crippen molar-refractivity contribution in [2.24, 2.45) is 5.84 Å². The SMILES string of the molecule is Cc1nc(NN)cc(Nc2ccc(C(F)(F)F)cc2Cl)n1. The van der Waals surface area contributed by atoms with Crippen LogP contribution in [0.5, 0.6) is 0 Å². The number of hydrogen-bond acceptors (Lipinski definition) is 5.